The number of hydrogen-bond acceptors (Lipinski definition) is 4. The third kappa shape index (κ3) is 2.31. The lowest BCUT2D eigenvalue weighted by molar-refractivity contribution is 0.0988. The number of fused-ring (bicyclic) bond motifs is 1. The number of phenolic OH excluding ortho intramolecular Hbond substituents is 1. The first-order valence-corrected chi connectivity index (χ1v) is 6.76. The highest BCUT2D eigenvalue weighted by Crippen LogP contribution is 2.25. The van der Waals surface area contributed by atoms with Crippen molar-refractivity contribution in [3.05, 3.63) is 23.8 Å². The van der Waals surface area contributed by atoms with Crippen molar-refractivity contribution < 1.29 is 5.11 Å². The van der Waals surface area contributed by atoms with Crippen molar-refractivity contribution in [1.29, 1.82) is 0 Å². The van der Waals surface area contributed by atoms with Crippen LogP contribution in [0.15, 0.2) is 18.2 Å². The molecule has 0 spiro atoms. The molecule has 98 valence electrons. The summed E-state index contributed by atoms with van der Waals surface area (Å²) in [4.78, 5) is 5.02. The summed E-state index contributed by atoms with van der Waals surface area (Å²) in [5.74, 6) is 0.359. The number of phenols is 1. The van der Waals surface area contributed by atoms with Crippen molar-refractivity contribution >= 4 is 5.69 Å². The molecule has 4 nitrogen and oxygen atoms in total. The number of anilines is 1. The van der Waals surface area contributed by atoms with Gasteiger partial charge in [-0.3, -0.25) is 9.80 Å². The predicted octanol–water partition coefficient (Wildman–Crippen LogP) is 1.25. The minimum absolute atomic E-state index is 0.359. The fraction of sp³-hybridized carbons (Fsp3) is 0.571. The van der Waals surface area contributed by atoms with Gasteiger partial charge in [-0.1, -0.05) is 0 Å². The van der Waals surface area contributed by atoms with E-state index in [1.165, 1.54) is 19.4 Å². The molecule has 2 fully saturated rings. The Hall–Kier alpha value is -1.26. The fourth-order valence-corrected chi connectivity index (χ4v) is 3.17. The number of benzene rings is 1. The van der Waals surface area contributed by atoms with Crippen molar-refractivity contribution in [3.8, 4) is 5.75 Å². The van der Waals surface area contributed by atoms with E-state index in [9.17, 15) is 5.11 Å². The summed E-state index contributed by atoms with van der Waals surface area (Å²) in [6.07, 6.45) is 2.65. The van der Waals surface area contributed by atoms with Gasteiger partial charge in [-0.05, 0) is 37.6 Å². The molecule has 0 aliphatic carbocycles. The van der Waals surface area contributed by atoms with Gasteiger partial charge in [0, 0.05) is 43.5 Å². The first-order valence-electron chi connectivity index (χ1n) is 6.76. The number of nitrogens with zero attached hydrogens (tertiary/aromatic N) is 2. The molecule has 1 unspecified atom stereocenters. The quantitative estimate of drug-likeness (QED) is 0.610. The molecule has 3 rings (SSSR count). The van der Waals surface area contributed by atoms with Crippen LogP contribution in [0, 0.1) is 0 Å². The van der Waals surface area contributed by atoms with Gasteiger partial charge in [0.2, 0.25) is 0 Å². The van der Waals surface area contributed by atoms with E-state index in [0.29, 0.717) is 5.75 Å². The van der Waals surface area contributed by atoms with Gasteiger partial charge in [0.25, 0.3) is 0 Å². The van der Waals surface area contributed by atoms with Crippen molar-refractivity contribution in [2.24, 2.45) is 0 Å². The molecule has 1 atom stereocenters. The second-order valence-corrected chi connectivity index (χ2v) is 5.46. The minimum Gasteiger partial charge on any atom is -0.508 e. The highest BCUT2D eigenvalue weighted by atomic mass is 16.3. The summed E-state index contributed by atoms with van der Waals surface area (Å²) in [6, 6.07) is 6.04. The molecule has 0 radical (unpaired) electrons. The van der Waals surface area contributed by atoms with Gasteiger partial charge >= 0.3 is 0 Å². The number of nitrogen functional groups attached to an aromatic ring is 1. The molecule has 2 aliphatic rings. The lowest BCUT2D eigenvalue weighted by Crippen LogP contribution is -2.49. The maximum atomic E-state index is 9.86. The van der Waals surface area contributed by atoms with E-state index in [1.54, 1.807) is 12.1 Å². The van der Waals surface area contributed by atoms with Crippen LogP contribution in [-0.4, -0.2) is 47.1 Å². The van der Waals surface area contributed by atoms with E-state index >= 15 is 0 Å². The molecule has 0 bridgehead atoms. The van der Waals surface area contributed by atoms with Crippen molar-refractivity contribution in [2.75, 3.05) is 31.9 Å². The highest BCUT2D eigenvalue weighted by molar-refractivity contribution is 5.47. The maximum absolute atomic E-state index is 9.86. The van der Waals surface area contributed by atoms with Crippen LogP contribution in [0.4, 0.5) is 5.69 Å². The first kappa shape index (κ1) is 11.8. The van der Waals surface area contributed by atoms with Crippen LogP contribution in [0.25, 0.3) is 0 Å². The van der Waals surface area contributed by atoms with Gasteiger partial charge in [-0.25, -0.2) is 0 Å². The second kappa shape index (κ2) is 4.78. The van der Waals surface area contributed by atoms with Crippen LogP contribution < -0.4 is 5.73 Å². The van der Waals surface area contributed by atoms with Gasteiger partial charge in [0.15, 0.2) is 0 Å². The minimum atomic E-state index is 0.359. The number of piperazine rings is 1. The maximum Gasteiger partial charge on any atom is 0.120 e. The molecule has 2 saturated heterocycles. The van der Waals surface area contributed by atoms with Crippen molar-refractivity contribution in [1.82, 2.24) is 9.80 Å². The molecule has 3 N–H and O–H groups in total. The topological polar surface area (TPSA) is 52.7 Å². The van der Waals surface area contributed by atoms with E-state index in [4.69, 9.17) is 5.73 Å². The normalized spacial score (nSPS) is 25.2. The van der Waals surface area contributed by atoms with Crippen LogP contribution in [0.1, 0.15) is 18.4 Å². The third-order valence-corrected chi connectivity index (χ3v) is 4.17. The molecule has 1 aromatic rings. The summed E-state index contributed by atoms with van der Waals surface area (Å²) < 4.78 is 0. The van der Waals surface area contributed by atoms with Crippen molar-refractivity contribution in [2.45, 2.75) is 25.4 Å². The molecule has 2 aliphatic heterocycles. The monoisotopic (exact) mass is 247 g/mol. The Balaban J connectivity index is 1.67. The van der Waals surface area contributed by atoms with E-state index in [2.05, 4.69) is 9.80 Å². The van der Waals surface area contributed by atoms with Crippen LogP contribution in [0.2, 0.25) is 0 Å². The van der Waals surface area contributed by atoms with Gasteiger partial charge in [0.05, 0.1) is 0 Å². The lowest BCUT2D eigenvalue weighted by atomic mass is 10.1. The van der Waals surface area contributed by atoms with Gasteiger partial charge < -0.3 is 10.8 Å². The zero-order chi connectivity index (χ0) is 12.5. The zero-order valence-corrected chi connectivity index (χ0v) is 10.7. The van der Waals surface area contributed by atoms with E-state index < -0.39 is 0 Å². The largest absolute Gasteiger partial charge is 0.508 e. The van der Waals surface area contributed by atoms with Crippen LogP contribution in [-0.2, 0) is 6.54 Å². The van der Waals surface area contributed by atoms with Gasteiger partial charge in [-0.2, -0.15) is 0 Å². The average molecular weight is 247 g/mol. The Labute approximate surface area is 108 Å². The smallest absolute Gasteiger partial charge is 0.120 e. The van der Waals surface area contributed by atoms with Crippen molar-refractivity contribution in [3.63, 3.8) is 0 Å². The molecule has 2 heterocycles. The Bertz CT molecular complexity index is 435. The molecule has 18 heavy (non-hydrogen) atoms. The second-order valence-electron chi connectivity index (χ2n) is 5.46. The molecular formula is C14H21N3O. The molecule has 4 heteroatoms. The number of rotatable bonds is 2. The predicted molar refractivity (Wildman–Crippen MR) is 72.4 cm³/mol. The van der Waals surface area contributed by atoms with Crippen LogP contribution in [0.5, 0.6) is 5.75 Å². The molecular weight excluding hydrogens is 226 g/mol. The van der Waals surface area contributed by atoms with Crippen LogP contribution >= 0.6 is 0 Å². The summed E-state index contributed by atoms with van der Waals surface area (Å²) in [6.45, 7) is 5.44. The molecule has 0 aromatic heterocycles. The Morgan fingerprint density at radius 3 is 3.06 bits per heavy atom. The van der Waals surface area contributed by atoms with E-state index in [1.807, 2.05) is 6.07 Å². The SMILES string of the molecule is Nc1ccc(O)c(CN2CCN3CCCC3C2)c1. The van der Waals surface area contributed by atoms with Gasteiger partial charge in [0.1, 0.15) is 5.75 Å². The Morgan fingerprint density at radius 2 is 2.17 bits per heavy atom. The molecule has 0 saturated carbocycles. The number of nitrogens with two attached hydrogens (primary N) is 1. The number of aromatic hydroxyl groups is 1. The fourth-order valence-electron chi connectivity index (χ4n) is 3.17. The van der Waals surface area contributed by atoms with E-state index in [-0.39, 0.29) is 0 Å². The van der Waals surface area contributed by atoms with E-state index in [0.717, 1.165) is 43.5 Å². The summed E-state index contributed by atoms with van der Waals surface area (Å²) in [7, 11) is 0. The van der Waals surface area contributed by atoms with Crippen LogP contribution in [0.3, 0.4) is 0 Å². The standard InChI is InChI=1S/C14H21N3O/c15-12-3-4-14(18)11(8-12)9-16-6-7-17-5-1-2-13(17)10-16/h3-4,8,13,18H,1-2,5-7,9-10,15H2. The summed E-state index contributed by atoms with van der Waals surface area (Å²) in [5.41, 5.74) is 7.45. The lowest BCUT2D eigenvalue weighted by Gasteiger charge is -2.37. The Morgan fingerprint density at radius 1 is 1.28 bits per heavy atom. The average Bonchev–Trinajstić information content (AvgIpc) is 2.81. The zero-order valence-electron chi connectivity index (χ0n) is 10.7. The number of hydrogen-bond donors (Lipinski definition) is 2. The van der Waals surface area contributed by atoms with Gasteiger partial charge in [-0.15, -0.1) is 0 Å². The molecule has 1 aromatic carbocycles. The third-order valence-electron chi connectivity index (χ3n) is 4.17. The summed E-state index contributed by atoms with van der Waals surface area (Å²) >= 11 is 0. The summed E-state index contributed by atoms with van der Waals surface area (Å²) in [5, 5.41) is 9.86. The Kier molecular flexibility index (Phi) is 3.14. The highest BCUT2D eigenvalue weighted by Gasteiger charge is 2.30. The molecule has 0 amide bonds. The first-order chi connectivity index (χ1) is 8.72.